The molecule has 14 heteroatoms. The number of amides is 4. The zero-order chi connectivity index (χ0) is 36.4. The third-order valence-corrected chi connectivity index (χ3v) is 11.7. The lowest BCUT2D eigenvalue weighted by molar-refractivity contribution is -0.123. The Balaban J connectivity index is 1.35. The predicted molar refractivity (Wildman–Crippen MR) is 197 cm³/mol. The van der Waals surface area contributed by atoms with Crippen LogP contribution in [0.1, 0.15) is 73.4 Å². The van der Waals surface area contributed by atoms with Gasteiger partial charge in [0.15, 0.2) is 0 Å². The first-order valence-corrected chi connectivity index (χ1v) is 19.4. The van der Waals surface area contributed by atoms with E-state index >= 15 is 0 Å². The first kappa shape index (κ1) is 36.6. The van der Waals surface area contributed by atoms with E-state index in [4.69, 9.17) is 4.74 Å². The average Bonchev–Trinajstić information content (AvgIpc) is 3.31. The Morgan fingerprint density at radius 2 is 1.71 bits per heavy atom. The third-order valence-electron chi connectivity index (χ3n) is 10.3. The monoisotopic (exact) mass is 721 g/mol. The molecule has 0 bridgehead atoms. The number of rotatable bonds is 9. The molecule has 0 spiro atoms. The van der Waals surface area contributed by atoms with Crippen molar-refractivity contribution in [3.05, 3.63) is 53.1 Å². The Labute approximate surface area is 300 Å². The molecule has 1 aliphatic carbocycles. The van der Waals surface area contributed by atoms with Gasteiger partial charge in [-0.2, -0.15) is 12.7 Å². The summed E-state index contributed by atoms with van der Waals surface area (Å²) >= 11 is 0. The summed E-state index contributed by atoms with van der Waals surface area (Å²) in [4.78, 5) is 43.3. The van der Waals surface area contributed by atoms with Gasteiger partial charge in [-0.15, -0.1) is 0 Å². The third kappa shape index (κ3) is 8.02. The van der Waals surface area contributed by atoms with Gasteiger partial charge in [0.2, 0.25) is 5.91 Å². The van der Waals surface area contributed by atoms with E-state index in [9.17, 15) is 22.8 Å². The molecule has 2 aliphatic heterocycles. The number of nitrogens with one attached hydrogen (secondary N) is 3. The van der Waals surface area contributed by atoms with Gasteiger partial charge in [-0.1, -0.05) is 25.3 Å². The topological polar surface area (TPSA) is 145 Å². The second kappa shape index (κ2) is 15.2. The van der Waals surface area contributed by atoms with Crippen LogP contribution < -0.4 is 20.1 Å². The molecule has 4 amide bonds. The maximum Gasteiger partial charge on any atom is 0.317 e. The summed E-state index contributed by atoms with van der Waals surface area (Å²) in [7, 11) is 0.403. The number of carbonyl (C=O) groups is 3. The lowest BCUT2D eigenvalue weighted by Gasteiger charge is -2.35. The number of hydrogen-bond donors (Lipinski definition) is 3. The number of carbonyl (C=O) groups excluding carboxylic acids is 3. The summed E-state index contributed by atoms with van der Waals surface area (Å²) in [5.74, 6) is 0.343. The van der Waals surface area contributed by atoms with E-state index in [2.05, 4.69) is 37.0 Å². The Hall–Kier alpha value is -4.14. The van der Waals surface area contributed by atoms with Gasteiger partial charge in [0.05, 0.1) is 25.4 Å². The largest absolute Gasteiger partial charge is 0.497 e. The van der Waals surface area contributed by atoms with Crippen LogP contribution >= 0.6 is 0 Å². The lowest BCUT2D eigenvalue weighted by atomic mass is 9.81. The van der Waals surface area contributed by atoms with Crippen molar-refractivity contribution >= 4 is 39.0 Å². The van der Waals surface area contributed by atoms with Gasteiger partial charge < -0.3 is 24.8 Å². The van der Waals surface area contributed by atoms with Crippen LogP contribution in [0, 0.1) is 0 Å². The fourth-order valence-electron chi connectivity index (χ4n) is 7.76. The van der Waals surface area contributed by atoms with E-state index in [0.29, 0.717) is 51.6 Å². The van der Waals surface area contributed by atoms with Crippen LogP contribution in [0.3, 0.4) is 0 Å². The number of urea groups is 1. The molecule has 3 N–H and O–H groups in total. The molecule has 1 saturated heterocycles. The summed E-state index contributed by atoms with van der Waals surface area (Å²) in [6.07, 6.45) is 6.18. The van der Waals surface area contributed by atoms with Gasteiger partial charge in [0, 0.05) is 74.9 Å². The van der Waals surface area contributed by atoms with Crippen molar-refractivity contribution in [2.24, 2.45) is 0 Å². The summed E-state index contributed by atoms with van der Waals surface area (Å²) < 4.78 is 36.1. The molecule has 3 aliphatic rings. The van der Waals surface area contributed by atoms with Crippen LogP contribution in [-0.4, -0.2) is 111 Å². The van der Waals surface area contributed by atoms with Crippen molar-refractivity contribution in [1.29, 1.82) is 0 Å². The molecule has 1 saturated carbocycles. The van der Waals surface area contributed by atoms with Crippen LogP contribution in [0.2, 0.25) is 0 Å². The van der Waals surface area contributed by atoms with Crippen LogP contribution in [0.25, 0.3) is 22.2 Å². The zero-order valence-corrected chi connectivity index (χ0v) is 31.1. The second-order valence-electron chi connectivity index (χ2n) is 14.5. The van der Waals surface area contributed by atoms with Crippen LogP contribution in [0.4, 0.5) is 4.79 Å². The van der Waals surface area contributed by atoms with E-state index in [-0.39, 0.29) is 29.6 Å². The second-order valence-corrected chi connectivity index (χ2v) is 16.4. The summed E-state index contributed by atoms with van der Waals surface area (Å²) in [6.45, 7) is 6.87. The lowest BCUT2D eigenvalue weighted by Crippen LogP contribution is -2.55. The van der Waals surface area contributed by atoms with Gasteiger partial charge in [0.1, 0.15) is 5.75 Å². The highest BCUT2D eigenvalue weighted by molar-refractivity contribution is 7.87. The number of ether oxygens (including phenoxy) is 1. The first-order valence-electron chi connectivity index (χ1n) is 18.0. The molecule has 51 heavy (non-hydrogen) atoms. The molecular formula is C37H51N7O6S. The Morgan fingerprint density at radius 3 is 2.37 bits per heavy atom. The Kier molecular flexibility index (Phi) is 10.9. The number of methoxy groups -OCH3 is 1. The molecule has 2 fully saturated rings. The Morgan fingerprint density at radius 1 is 0.980 bits per heavy atom. The van der Waals surface area contributed by atoms with E-state index in [1.165, 1.54) is 26.1 Å². The fourth-order valence-corrected chi connectivity index (χ4v) is 8.29. The number of aromatic nitrogens is 1. The fraction of sp³-hybridized carbons (Fsp3) is 0.541. The molecule has 6 rings (SSSR count). The van der Waals surface area contributed by atoms with Crippen molar-refractivity contribution in [3.63, 3.8) is 0 Å². The number of piperazine rings is 1. The first-order chi connectivity index (χ1) is 24.3. The average molecular weight is 722 g/mol. The molecule has 13 nitrogen and oxygen atoms in total. The summed E-state index contributed by atoms with van der Waals surface area (Å²) in [6, 6.07) is 11.2. The highest BCUT2D eigenvalue weighted by Crippen LogP contribution is 2.46. The van der Waals surface area contributed by atoms with Crippen molar-refractivity contribution in [2.75, 3.05) is 53.9 Å². The van der Waals surface area contributed by atoms with E-state index in [1.807, 2.05) is 30.9 Å². The SMILES string of the molecule is COc1ccc2c(c1)CC(NC(=O)N1CCN(CC(=O)NC(C)C)CC1)Cn1c-2c(C2CCCCC2)c2ccc(C(=O)NS(=O)(=O)N(C)C)cc21. The van der Waals surface area contributed by atoms with Crippen molar-refractivity contribution in [1.82, 2.24) is 34.0 Å². The minimum absolute atomic E-state index is 0.0160. The van der Waals surface area contributed by atoms with Gasteiger partial charge >= 0.3 is 16.2 Å². The molecule has 1 aromatic heterocycles. The van der Waals surface area contributed by atoms with Gasteiger partial charge in [-0.25, -0.2) is 9.52 Å². The van der Waals surface area contributed by atoms with Gasteiger partial charge in [-0.05, 0) is 80.5 Å². The van der Waals surface area contributed by atoms with Crippen LogP contribution in [-0.2, 0) is 28.0 Å². The summed E-state index contributed by atoms with van der Waals surface area (Å²) in [5.41, 5.74) is 5.53. The smallest absolute Gasteiger partial charge is 0.317 e. The van der Waals surface area contributed by atoms with Crippen LogP contribution in [0.15, 0.2) is 36.4 Å². The number of benzene rings is 2. The molecular weight excluding hydrogens is 671 g/mol. The highest BCUT2D eigenvalue weighted by atomic mass is 32.2. The minimum atomic E-state index is -3.99. The maximum atomic E-state index is 13.8. The summed E-state index contributed by atoms with van der Waals surface area (Å²) in [5, 5.41) is 7.30. The molecule has 1 atom stereocenters. The standard InChI is InChI=1S/C37H51N7O6S/c1-24(2)38-33(45)23-42-15-17-43(18-16-42)37(47)39-28-19-27-20-29(50-5)12-14-30(27)35-34(25-9-7-6-8-10-25)31-13-11-26(21-32(31)44(35)22-28)36(46)40-51(48,49)41(3)4/h11-14,20-21,24-25,28H,6-10,15-19,22-23H2,1-5H3,(H,38,45)(H,39,47)(H,40,46). The molecule has 276 valence electrons. The Bertz CT molecular complexity index is 1890. The molecule has 1 unspecified atom stereocenters. The maximum absolute atomic E-state index is 13.8. The van der Waals surface area contributed by atoms with Gasteiger partial charge in [-0.3, -0.25) is 14.5 Å². The van der Waals surface area contributed by atoms with Gasteiger partial charge in [0.25, 0.3) is 5.91 Å². The zero-order valence-electron chi connectivity index (χ0n) is 30.3. The van der Waals surface area contributed by atoms with Crippen molar-refractivity contribution in [3.8, 4) is 17.0 Å². The van der Waals surface area contributed by atoms with Crippen LogP contribution in [0.5, 0.6) is 5.75 Å². The molecule has 3 aromatic rings. The molecule has 2 aromatic carbocycles. The minimum Gasteiger partial charge on any atom is -0.497 e. The molecule has 0 radical (unpaired) electrons. The van der Waals surface area contributed by atoms with E-state index in [1.54, 1.807) is 19.2 Å². The highest BCUT2D eigenvalue weighted by Gasteiger charge is 2.33. The van der Waals surface area contributed by atoms with E-state index in [0.717, 1.165) is 63.5 Å². The van der Waals surface area contributed by atoms with Crippen molar-refractivity contribution in [2.45, 2.75) is 76.9 Å². The number of hydrogen-bond acceptors (Lipinski definition) is 7. The van der Waals surface area contributed by atoms with Crippen molar-refractivity contribution < 1.29 is 27.5 Å². The molecule has 3 heterocycles. The number of fused-ring (bicyclic) bond motifs is 5. The predicted octanol–water partition coefficient (Wildman–Crippen LogP) is 3.68. The normalized spacial score (nSPS) is 18.6. The number of nitrogens with zero attached hydrogens (tertiary/aromatic N) is 4. The van der Waals surface area contributed by atoms with E-state index < -0.39 is 16.1 Å². The quantitative estimate of drug-likeness (QED) is 0.306.